The average molecular weight is 229 g/mol. The van der Waals surface area contributed by atoms with E-state index in [9.17, 15) is 13.2 Å². The molecule has 0 aromatic heterocycles. The zero-order chi connectivity index (χ0) is 12.0. The zero-order valence-corrected chi connectivity index (χ0v) is 8.56. The van der Waals surface area contributed by atoms with Crippen LogP contribution in [0.5, 0.6) is 5.75 Å². The molecule has 0 saturated carbocycles. The molecule has 0 saturated heterocycles. The van der Waals surface area contributed by atoms with Crippen LogP contribution in [0.2, 0.25) is 0 Å². The van der Waals surface area contributed by atoms with Crippen LogP contribution in [0.15, 0.2) is 24.3 Å². The topological polar surface area (TPSA) is 21.3 Å². The first-order valence-electron chi connectivity index (χ1n) is 4.51. The van der Waals surface area contributed by atoms with Crippen molar-refractivity contribution in [3.05, 3.63) is 29.8 Å². The predicted octanol–water partition coefficient (Wildman–Crippen LogP) is 2.16. The van der Waals surface area contributed by atoms with Crippen LogP contribution in [0, 0.1) is 11.8 Å². The summed E-state index contributed by atoms with van der Waals surface area (Å²) in [5.74, 6) is 4.99. The lowest BCUT2D eigenvalue weighted by atomic mass is 10.2. The van der Waals surface area contributed by atoms with Gasteiger partial charge in [-0.25, -0.2) is 0 Å². The van der Waals surface area contributed by atoms with Crippen molar-refractivity contribution in [2.45, 2.75) is 6.36 Å². The molecule has 2 nitrogen and oxygen atoms in total. The maximum absolute atomic E-state index is 12.0. The van der Waals surface area contributed by atoms with Gasteiger partial charge in [0.1, 0.15) is 5.75 Å². The van der Waals surface area contributed by atoms with Gasteiger partial charge in [-0.3, -0.25) is 0 Å². The van der Waals surface area contributed by atoms with E-state index in [0.717, 1.165) is 0 Å². The Hall–Kier alpha value is -1.67. The highest BCUT2D eigenvalue weighted by Crippen LogP contribution is 2.25. The van der Waals surface area contributed by atoms with E-state index in [0.29, 0.717) is 6.54 Å². The number of nitrogens with one attached hydrogen (secondary N) is 1. The molecule has 1 aromatic carbocycles. The van der Waals surface area contributed by atoms with Gasteiger partial charge in [0.05, 0.1) is 12.1 Å². The van der Waals surface area contributed by atoms with Gasteiger partial charge >= 0.3 is 6.36 Å². The Balaban J connectivity index is 2.89. The van der Waals surface area contributed by atoms with Crippen LogP contribution in [0.4, 0.5) is 13.2 Å². The van der Waals surface area contributed by atoms with Gasteiger partial charge in [-0.15, -0.1) is 13.2 Å². The van der Waals surface area contributed by atoms with Gasteiger partial charge < -0.3 is 10.1 Å². The van der Waals surface area contributed by atoms with Gasteiger partial charge in [-0.1, -0.05) is 24.0 Å². The van der Waals surface area contributed by atoms with E-state index >= 15 is 0 Å². The molecule has 1 aromatic rings. The van der Waals surface area contributed by atoms with Crippen LogP contribution in [-0.4, -0.2) is 20.0 Å². The Bertz CT molecular complexity index is 404. The Morgan fingerprint density at radius 3 is 2.62 bits per heavy atom. The monoisotopic (exact) mass is 229 g/mol. The van der Waals surface area contributed by atoms with Crippen molar-refractivity contribution < 1.29 is 17.9 Å². The molecule has 0 aliphatic rings. The summed E-state index contributed by atoms with van der Waals surface area (Å²) in [5, 5.41) is 2.77. The largest absolute Gasteiger partial charge is 0.573 e. The molecular weight excluding hydrogens is 219 g/mol. The first-order chi connectivity index (χ1) is 7.53. The predicted molar refractivity (Wildman–Crippen MR) is 53.9 cm³/mol. The lowest BCUT2D eigenvalue weighted by Gasteiger charge is -2.09. The molecule has 5 heteroatoms. The van der Waals surface area contributed by atoms with E-state index in [4.69, 9.17) is 0 Å². The van der Waals surface area contributed by atoms with Crippen LogP contribution >= 0.6 is 0 Å². The molecule has 0 atom stereocenters. The summed E-state index contributed by atoms with van der Waals surface area (Å²) >= 11 is 0. The summed E-state index contributed by atoms with van der Waals surface area (Å²) in [5.41, 5.74) is 0.218. The van der Waals surface area contributed by atoms with Gasteiger partial charge in [0.25, 0.3) is 0 Å². The number of hydrogen-bond donors (Lipinski definition) is 1. The minimum Gasteiger partial charge on any atom is -0.404 e. The van der Waals surface area contributed by atoms with E-state index in [1.807, 2.05) is 0 Å². The highest BCUT2D eigenvalue weighted by molar-refractivity contribution is 5.46. The first kappa shape index (κ1) is 12.4. The number of hydrogen-bond acceptors (Lipinski definition) is 2. The summed E-state index contributed by atoms with van der Waals surface area (Å²) in [7, 11) is 1.70. The average Bonchev–Trinajstić information content (AvgIpc) is 2.19. The summed E-state index contributed by atoms with van der Waals surface area (Å²) in [4.78, 5) is 0. The smallest absolute Gasteiger partial charge is 0.404 e. The SMILES string of the molecule is CNCC#Cc1ccccc1OC(F)(F)F. The second kappa shape index (κ2) is 5.42. The Kier molecular flexibility index (Phi) is 4.20. The van der Waals surface area contributed by atoms with Gasteiger partial charge in [0.15, 0.2) is 0 Å². The quantitative estimate of drug-likeness (QED) is 0.784. The molecule has 16 heavy (non-hydrogen) atoms. The molecule has 0 spiro atoms. The van der Waals surface area contributed by atoms with Crippen molar-refractivity contribution in [1.82, 2.24) is 5.32 Å². The minimum absolute atomic E-state index is 0.218. The minimum atomic E-state index is -4.69. The van der Waals surface area contributed by atoms with Crippen LogP contribution in [-0.2, 0) is 0 Å². The molecule has 0 aliphatic carbocycles. The van der Waals surface area contributed by atoms with E-state index in [1.54, 1.807) is 13.1 Å². The molecule has 1 N–H and O–H groups in total. The van der Waals surface area contributed by atoms with Gasteiger partial charge in [-0.2, -0.15) is 0 Å². The molecule has 0 bridgehead atoms. The standard InChI is InChI=1S/C11H10F3NO/c1-15-8-4-6-9-5-2-3-7-10(9)16-11(12,13)14/h2-3,5,7,15H,8H2,1H3. The second-order valence-corrected chi connectivity index (χ2v) is 2.88. The summed E-state index contributed by atoms with van der Waals surface area (Å²) < 4.78 is 39.9. The van der Waals surface area contributed by atoms with Crippen molar-refractivity contribution in [1.29, 1.82) is 0 Å². The summed E-state index contributed by atoms with van der Waals surface area (Å²) in [6.45, 7) is 0.403. The third-order valence-corrected chi connectivity index (χ3v) is 1.60. The summed E-state index contributed by atoms with van der Waals surface area (Å²) in [6, 6.07) is 5.78. The Morgan fingerprint density at radius 2 is 2.00 bits per heavy atom. The fourth-order valence-electron chi connectivity index (χ4n) is 1.01. The van der Waals surface area contributed by atoms with Crippen molar-refractivity contribution >= 4 is 0 Å². The lowest BCUT2D eigenvalue weighted by Crippen LogP contribution is -2.17. The zero-order valence-electron chi connectivity index (χ0n) is 8.56. The van der Waals surface area contributed by atoms with Crippen LogP contribution in [0.25, 0.3) is 0 Å². The maximum Gasteiger partial charge on any atom is 0.573 e. The number of rotatable bonds is 2. The second-order valence-electron chi connectivity index (χ2n) is 2.88. The molecular formula is C11H10F3NO. The van der Waals surface area contributed by atoms with Gasteiger partial charge in [0.2, 0.25) is 0 Å². The fourth-order valence-corrected chi connectivity index (χ4v) is 1.01. The van der Waals surface area contributed by atoms with Gasteiger partial charge in [-0.05, 0) is 19.2 Å². The van der Waals surface area contributed by atoms with E-state index in [-0.39, 0.29) is 11.3 Å². The van der Waals surface area contributed by atoms with Crippen molar-refractivity contribution in [3.8, 4) is 17.6 Å². The molecule has 1 rings (SSSR count). The van der Waals surface area contributed by atoms with Crippen LogP contribution in [0.1, 0.15) is 5.56 Å². The molecule has 0 unspecified atom stereocenters. The lowest BCUT2D eigenvalue weighted by molar-refractivity contribution is -0.274. The molecule has 0 heterocycles. The van der Waals surface area contributed by atoms with Crippen LogP contribution in [0.3, 0.4) is 0 Å². The number of para-hydroxylation sites is 1. The maximum atomic E-state index is 12.0. The van der Waals surface area contributed by atoms with E-state index < -0.39 is 6.36 Å². The van der Waals surface area contributed by atoms with E-state index in [2.05, 4.69) is 21.9 Å². The number of ether oxygens (including phenoxy) is 1. The molecule has 0 aliphatic heterocycles. The summed E-state index contributed by atoms with van der Waals surface area (Å²) in [6.07, 6.45) is -4.69. The van der Waals surface area contributed by atoms with Gasteiger partial charge in [0, 0.05) is 0 Å². The number of halogens is 3. The Morgan fingerprint density at radius 1 is 1.31 bits per heavy atom. The molecule has 0 radical (unpaired) electrons. The normalized spacial score (nSPS) is 10.5. The van der Waals surface area contributed by atoms with Crippen LogP contribution < -0.4 is 10.1 Å². The van der Waals surface area contributed by atoms with E-state index in [1.165, 1.54) is 18.2 Å². The van der Waals surface area contributed by atoms with Crippen molar-refractivity contribution in [2.75, 3.05) is 13.6 Å². The first-order valence-corrected chi connectivity index (χ1v) is 4.51. The third kappa shape index (κ3) is 4.24. The highest BCUT2D eigenvalue weighted by atomic mass is 19.4. The molecule has 0 amide bonds. The molecule has 0 fully saturated rings. The van der Waals surface area contributed by atoms with Crippen molar-refractivity contribution in [3.63, 3.8) is 0 Å². The number of benzene rings is 1. The highest BCUT2D eigenvalue weighted by Gasteiger charge is 2.31. The third-order valence-electron chi connectivity index (χ3n) is 1.60. The Labute approximate surface area is 91.4 Å². The molecule has 86 valence electrons. The number of alkyl halides is 3. The fraction of sp³-hybridized carbons (Fsp3) is 0.273. The van der Waals surface area contributed by atoms with Crippen molar-refractivity contribution in [2.24, 2.45) is 0 Å².